The molecule has 1 aliphatic heterocycles. The van der Waals surface area contributed by atoms with Crippen LogP contribution in [0.3, 0.4) is 0 Å². The Labute approximate surface area is 164 Å². The average molecular weight is 387 g/mol. The van der Waals surface area contributed by atoms with Crippen LogP contribution in [-0.4, -0.2) is 27.6 Å². The monoisotopic (exact) mass is 386 g/mol. The van der Waals surface area contributed by atoms with E-state index in [9.17, 15) is 10.1 Å². The fourth-order valence-corrected chi connectivity index (χ4v) is 3.79. The Bertz CT molecular complexity index is 947. The van der Waals surface area contributed by atoms with Gasteiger partial charge in [-0.2, -0.15) is 0 Å². The van der Waals surface area contributed by atoms with Gasteiger partial charge >= 0.3 is 0 Å². The first-order valence-electron chi connectivity index (χ1n) is 9.17. The molecule has 0 amide bonds. The molecule has 0 atom stereocenters. The molecule has 1 aliphatic rings. The van der Waals surface area contributed by atoms with Gasteiger partial charge in [0.2, 0.25) is 0 Å². The molecule has 0 radical (unpaired) electrons. The molecule has 7 heteroatoms. The summed E-state index contributed by atoms with van der Waals surface area (Å²) < 4.78 is 2.27. The fourth-order valence-electron chi connectivity index (χ4n) is 3.79. The lowest BCUT2D eigenvalue weighted by atomic mass is 10.1. The molecule has 2 heterocycles. The van der Waals surface area contributed by atoms with E-state index < -0.39 is 0 Å². The number of hydrogen-bond acceptors (Lipinski definition) is 3. The number of likely N-dealkylation sites (tertiary alicyclic amines) is 1. The largest absolute Gasteiger partial charge is 1.00 e. The number of benzene rings is 2. The van der Waals surface area contributed by atoms with E-state index in [1.54, 1.807) is 29.2 Å². The first-order valence-corrected chi connectivity index (χ1v) is 9.17. The minimum Gasteiger partial charge on any atom is -1.00 e. The average Bonchev–Trinajstić information content (AvgIpc) is 3.00. The van der Waals surface area contributed by atoms with Crippen molar-refractivity contribution in [3.63, 3.8) is 0 Å². The molecule has 0 saturated carbocycles. The van der Waals surface area contributed by atoms with Crippen molar-refractivity contribution in [2.45, 2.75) is 32.9 Å². The number of nitrogens with one attached hydrogen (secondary N) is 1. The van der Waals surface area contributed by atoms with Crippen molar-refractivity contribution in [1.82, 2.24) is 9.55 Å². The third-order valence-electron chi connectivity index (χ3n) is 5.18. The number of rotatable bonds is 4. The lowest BCUT2D eigenvalue weighted by Gasteiger charge is -2.24. The Morgan fingerprint density at radius 2 is 1.81 bits per heavy atom. The molecular weight excluding hydrogens is 364 g/mol. The zero-order chi connectivity index (χ0) is 18.1. The van der Waals surface area contributed by atoms with Gasteiger partial charge in [-0.25, -0.2) is 4.98 Å². The quantitative estimate of drug-likeness (QED) is 0.505. The number of non-ortho nitro benzene ring substituents is 1. The lowest BCUT2D eigenvalue weighted by molar-refractivity contribution is -0.927. The number of imidazole rings is 1. The van der Waals surface area contributed by atoms with Crippen molar-refractivity contribution >= 4 is 16.7 Å². The first-order chi connectivity index (χ1) is 12.6. The zero-order valence-electron chi connectivity index (χ0n) is 15.3. The van der Waals surface area contributed by atoms with Crippen molar-refractivity contribution in [2.24, 2.45) is 0 Å². The number of aryl methyl sites for hydroxylation is 1. The van der Waals surface area contributed by atoms with Crippen molar-refractivity contribution in [3.8, 4) is 11.4 Å². The molecule has 0 bridgehead atoms. The number of nitrogens with zero attached hydrogens (tertiary/aromatic N) is 3. The van der Waals surface area contributed by atoms with Crippen LogP contribution < -0.4 is 17.3 Å². The third-order valence-corrected chi connectivity index (χ3v) is 5.18. The van der Waals surface area contributed by atoms with Crippen LogP contribution in [0.2, 0.25) is 0 Å². The van der Waals surface area contributed by atoms with E-state index in [0.717, 1.165) is 29.1 Å². The van der Waals surface area contributed by atoms with Crippen LogP contribution in [-0.2, 0) is 6.67 Å². The molecule has 0 aliphatic carbocycles. The van der Waals surface area contributed by atoms with Crippen LogP contribution in [0.5, 0.6) is 0 Å². The molecule has 1 saturated heterocycles. The van der Waals surface area contributed by atoms with Gasteiger partial charge in [0.15, 0.2) is 6.67 Å². The van der Waals surface area contributed by atoms with Gasteiger partial charge < -0.3 is 17.3 Å². The van der Waals surface area contributed by atoms with Gasteiger partial charge in [0.05, 0.1) is 29.0 Å². The second-order valence-electron chi connectivity index (χ2n) is 7.13. The molecule has 1 N–H and O–H groups in total. The number of nitro groups is 1. The van der Waals surface area contributed by atoms with Crippen LogP contribution in [0.4, 0.5) is 5.69 Å². The maximum atomic E-state index is 10.9. The van der Waals surface area contributed by atoms with Crippen molar-refractivity contribution in [2.75, 3.05) is 13.1 Å². The van der Waals surface area contributed by atoms with Crippen LogP contribution >= 0.6 is 0 Å². The van der Waals surface area contributed by atoms with Gasteiger partial charge in [0, 0.05) is 17.7 Å². The van der Waals surface area contributed by atoms with E-state index in [-0.39, 0.29) is 23.0 Å². The summed E-state index contributed by atoms with van der Waals surface area (Å²) >= 11 is 0. The highest BCUT2D eigenvalue weighted by atomic mass is 35.5. The second kappa shape index (κ2) is 8.06. The van der Waals surface area contributed by atoms with Gasteiger partial charge in [-0.1, -0.05) is 6.07 Å². The number of aromatic nitrogens is 2. The van der Waals surface area contributed by atoms with Gasteiger partial charge in [-0.05, 0) is 56.0 Å². The van der Waals surface area contributed by atoms with Crippen LogP contribution in [0.25, 0.3) is 22.4 Å². The van der Waals surface area contributed by atoms with Crippen LogP contribution in [0.15, 0.2) is 42.5 Å². The summed E-state index contributed by atoms with van der Waals surface area (Å²) in [5, 5.41) is 10.9. The highest BCUT2D eigenvalue weighted by molar-refractivity contribution is 5.81. The maximum absolute atomic E-state index is 10.9. The molecule has 1 fully saturated rings. The Hall–Kier alpha value is -2.44. The van der Waals surface area contributed by atoms with Gasteiger partial charge in [-0.3, -0.25) is 14.7 Å². The lowest BCUT2D eigenvalue weighted by Crippen LogP contribution is -3.12. The number of nitro benzene ring substituents is 1. The van der Waals surface area contributed by atoms with E-state index in [4.69, 9.17) is 4.98 Å². The highest BCUT2D eigenvalue weighted by Crippen LogP contribution is 2.26. The number of piperidine rings is 1. The summed E-state index contributed by atoms with van der Waals surface area (Å²) in [7, 11) is 0. The van der Waals surface area contributed by atoms with E-state index in [2.05, 4.69) is 29.7 Å². The molecular formula is C20H23ClN4O2. The molecule has 27 heavy (non-hydrogen) atoms. The smallest absolute Gasteiger partial charge is 0.269 e. The van der Waals surface area contributed by atoms with Crippen LogP contribution in [0.1, 0.15) is 24.8 Å². The molecule has 3 aromatic rings. The van der Waals surface area contributed by atoms with E-state index >= 15 is 0 Å². The summed E-state index contributed by atoms with van der Waals surface area (Å²) in [6.07, 6.45) is 3.87. The fraction of sp³-hybridized carbons (Fsp3) is 0.350. The zero-order valence-corrected chi connectivity index (χ0v) is 16.1. The normalized spacial score (nSPS) is 14.9. The van der Waals surface area contributed by atoms with Gasteiger partial charge in [-0.15, -0.1) is 0 Å². The number of quaternary nitrogens is 1. The van der Waals surface area contributed by atoms with Crippen molar-refractivity contribution in [1.29, 1.82) is 0 Å². The molecule has 6 nitrogen and oxygen atoms in total. The Morgan fingerprint density at radius 3 is 2.48 bits per heavy atom. The summed E-state index contributed by atoms with van der Waals surface area (Å²) in [5.41, 5.74) is 4.31. The second-order valence-corrected chi connectivity index (χ2v) is 7.13. The Morgan fingerprint density at radius 1 is 1.11 bits per heavy atom. The number of halogens is 1. The SMILES string of the molecule is Cc1ccc2c(c1)nc(-c1ccc([N+](=O)[O-])cc1)n2C[NH+]1CCCCC1.[Cl-]. The summed E-state index contributed by atoms with van der Waals surface area (Å²) in [4.78, 5) is 17.0. The standard InChI is InChI=1S/C20H22N4O2.ClH/c1-15-5-10-19-18(13-15)21-20(16-6-8-17(9-7-16)24(25)26)23(19)14-22-11-3-2-4-12-22;/h5-10,13H,2-4,11-12,14H2,1H3;1H. The predicted molar refractivity (Wildman–Crippen MR) is 101 cm³/mol. The van der Waals surface area contributed by atoms with E-state index in [1.165, 1.54) is 37.9 Å². The van der Waals surface area contributed by atoms with E-state index in [1.807, 2.05) is 0 Å². The molecule has 1 aromatic heterocycles. The minimum absolute atomic E-state index is 0. The number of fused-ring (bicyclic) bond motifs is 1. The molecule has 0 unspecified atom stereocenters. The van der Waals surface area contributed by atoms with E-state index in [0.29, 0.717) is 0 Å². The molecule has 2 aromatic carbocycles. The predicted octanol–water partition coefficient (Wildman–Crippen LogP) is -0.0498. The molecule has 0 spiro atoms. The summed E-state index contributed by atoms with van der Waals surface area (Å²) in [6.45, 7) is 5.32. The summed E-state index contributed by atoms with van der Waals surface area (Å²) in [5.74, 6) is 0.888. The molecule has 142 valence electrons. The topological polar surface area (TPSA) is 65.4 Å². The van der Waals surface area contributed by atoms with Crippen molar-refractivity contribution < 1.29 is 22.2 Å². The van der Waals surface area contributed by atoms with Gasteiger partial charge in [0.1, 0.15) is 5.82 Å². The first kappa shape index (κ1) is 19.3. The minimum atomic E-state index is -0.367. The van der Waals surface area contributed by atoms with Crippen LogP contribution in [0, 0.1) is 17.0 Å². The van der Waals surface area contributed by atoms with Gasteiger partial charge in [0.25, 0.3) is 5.69 Å². The van der Waals surface area contributed by atoms with Crippen molar-refractivity contribution in [3.05, 3.63) is 58.1 Å². The summed E-state index contributed by atoms with van der Waals surface area (Å²) in [6, 6.07) is 13.1. The molecule has 4 rings (SSSR count). The number of hydrogen-bond donors (Lipinski definition) is 1. The Balaban J connectivity index is 0.00000210. The Kier molecular flexibility index (Phi) is 5.77. The highest BCUT2D eigenvalue weighted by Gasteiger charge is 2.20. The maximum Gasteiger partial charge on any atom is 0.269 e. The third kappa shape index (κ3) is 3.96.